The Balaban J connectivity index is 1.91. The van der Waals surface area contributed by atoms with Crippen LogP contribution in [0.1, 0.15) is 31.0 Å². The molecular formula is C14H13F3N2O3. The van der Waals surface area contributed by atoms with Crippen LogP contribution >= 0.6 is 0 Å². The highest BCUT2D eigenvalue weighted by Crippen LogP contribution is 2.37. The first kappa shape index (κ1) is 14.8. The molecule has 3 rings (SSSR count). The smallest absolute Gasteiger partial charge is 0.300 e. The van der Waals surface area contributed by atoms with Gasteiger partial charge in [0.25, 0.3) is 5.89 Å². The third-order valence-electron chi connectivity index (χ3n) is 3.45. The van der Waals surface area contributed by atoms with Gasteiger partial charge in [-0.15, -0.1) is 0 Å². The van der Waals surface area contributed by atoms with E-state index in [1.165, 1.54) is 24.3 Å². The Morgan fingerprint density at radius 1 is 1.14 bits per heavy atom. The van der Waals surface area contributed by atoms with Crippen LogP contribution in [0.15, 0.2) is 28.8 Å². The van der Waals surface area contributed by atoms with Gasteiger partial charge in [0.15, 0.2) is 5.60 Å². The fourth-order valence-corrected chi connectivity index (χ4v) is 2.30. The fourth-order valence-electron chi connectivity index (χ4n) is 2.30. The lowest BCUT2D eigenvalue weighted by molar-refractivity contribution is -0.0676. The van der Waals surface area contributed by atoms with Crippen molar-refractivity contribution < 1.29 is 27.2 Å². The highest BCUT2D eigenvalue weighted by molar-refractivity contribution is 5.24. The number of nitrogens with zero attached hydrogens (tertiary/aromatic N) is 2. The van der Waals surface area contributed by atoms with Gasteiger partial charge in [-0.25, -0.2) is 13.2 Å². The lowest BCUT2D eigenvalue weighted by Gasteiger charge is -2.34. The largest absolute Gasteiger partial charge is 0.477 e. The summed E-state index contributed by atoms with van der Waals surface area (Å²) in [4.78, 5) is 3.74. The van der Waals surface area contributed by atoms with Gasteiger partial charge >= 0.3 is 6.43 Å². The fraction of sp³-hybridized carbons (Fsp3) is 0.429. The first-order chi connectivity index (χ1) is 10.6. The van der Waals surface area contributed by atoms with Gasteiger partial charge in [0.1, 0.15) is 11.6 Å². The Morgan fingerprint density at radius 3 is 2.41 bits per heavy atom. The summed E-state index contributed by atoms with van der Waals surface area (Å²) in [5.41, 5.74) is -1.05. The minimum Gasteiger partial charge on any atom is -0.477 e. The third-order valence-corrected chi connectivity index (χ3v) is 3.45. The normalized spacial score (nSPS) is 17.6. The van der Waals surface area contributed by atoms with Gasteiger partial charge in [-0.2, -0.15) is 4.98 Å². The summed E-state index contributed by atoms with van der Waals surface area (Å²) < 4.78 is 54.4. The Bertz CT molecular complexity index is 625. The zero-order valence-corrected chi connectivity index (χ0v) is 11.5. The number of hydrogen-bond acceptors (Lipinski definition) is 5. The van der Waals surface area contributed by atoms with Gasteiger partial charge < -0.3 is 14.0 Å². The molecule has 0 atom stereocenters. The minimum atomic E-state index is -2.82. The molecule has 1 aliphatic heterocycles. The topological polar surface area (TPSA) is 57.4 Å². The first-order valence-electron chi connectivity index (χ1n) is 6.74. The summed E-state index contributed by atoms with van der Waals surface area (Å²) in [7, 11) is 0. The summed E-state index contributed by atoms with van der Waals surface area (Å²) in [6.45, 7) is 0.737. The molecule has 0 saturated carbocycles. The van der Waals surface area contributed by atoms with Crippen molar-refractivity contribution in [3.8, 4) is 5.75 Å². The van der Waals surface area contributed by atoms with E-state index in [9.17, 15) is 13.2 Å². The zero-order valence-electron chi connectivity index (χ0n) is 11.5. The number of alkyl halides is 2. The van der Waals surface area contributed by atoms with Crippen molar-refractivity contribution in [2.75, 3.05) is 13.2 Å². The quantitative estimate of drug-likeness (QED) is 0.867. The molecule has 0 unspecified atom stereocenters. The molecule has 1 aromatic carbocycles. The zero-order chi connectivity index (χ0) is 15.6. The van der Waals surface area contributed by atoms with Gasteiger partial charge in [-0.05, 0) is 24.3 Å². The van der Waals surface area contributed by atoms with Crippen molar-refractivity contribution in [1.82, 2.24) is 10.1 Å². The van der Waals surface area contributed by atoms with E-state index in [2.05, 4.69) is 10.1 Å². The SMILES string of the molecule is Fc1ccc(OC2(c3nc(C(F)F)no3)CCOCC2)cc1. The lowest BCUT2D eigenvalue weighted by atomic mass is 9.93. The maximum absolute atomic E-state index is 13.0. The number of rotatable bonds is 4. The van der Waals surface area contributed by atoms with Crippen molar-refractivity contribution in [1.29, 1.82) is 0 Å². The van der Waals surface area contributed by atoms with E-state index in [1.807, 2.05) is 0 Å². The summed E-state index contributed by atoms with van der Waals surface area (Å²) in [5.74, 6) is -0.703. The molecule has 0 radical (unpaired) electrons. The van der Waals surface area contributed by atoms with E-state index < -0.39 is 23.7 Å². The molecule has 1 saturated heterocycles. The molecule has 1 aliphatic rings. The lowest BCUT2D eigenvalue weighted by Crippen LogP contribution is -2.39. The second kappa shape index (κ2) is 5.96. The van der Waals surface area contributed by atoms with Crippen molar-refractivity contribution in [3.05, 3.63) is 41.8 Å². The van der Waals surface area contributed by atoms with Crippen molar-refractivity contribution in [2.45, 2.75) is 24.9 Å². The maximum atomic E-state index is 13.0. The molecule has 0 bridgehead atoms. The predicted molar refractivity (Wildman–Crippen MR) is 68.0 cm³/mol. The van der Waals surface area contributed by atoms with E-state index in [0.29, 0.717) is 31.8 Å². The molecule has 2 heterocycles. The Kier molecular flexibility index (Phi) is 4.02. The standard InChI is InChI=1S/C14H13F3N2O3/c15-9-1-3-10(4-2-9)21-14(5-7-20-8-6-14)13-18-12(11(16)17)19-22-13/h1-4,11H,5-8H2. The van der Waals surface area contributed by atoms with Crippen LogP contribution in [0.4, 0.5) is 13.2 Å². The van der Waals surface area contributed by atoms with E-state index in [0.717, 1.165) is 0 Å². The van der Waals surface area contributed by atoms with E-state index >= 15 is 0 Å². The van der Waals surface area contributed by atoms with Crippen LogP contribution in [0.3, 0.4) is 0 Å². The number of aromatic nitrogens is 2. The van der Waals surface area contributed by atoms with Crippen LogP contribution < -0.4 is 4.74 Å². The highest BCUT2D eigenvalue weighted by atomic mass is 19.3. The summed E-state index contributed by atoms with van der Waals surface area (Å²) in [6, 6.07) is 5.41. The van der Waals surface area contributed by atoms with Crippen molar-refractivity contribution in [2.24, 2.45) is 0 Å². The van der Waals surface area contributed by atoms with Gasteiger partial charge in [0.05, 0.1) is 13.2 Å². The molecule has 1 aromatic heterocycles. The number of halogens is 3. The molecule has 0 amide bonds. The third kappa shape index (κ3) is 2.92. The molecule has 118 valence electrons. The van der Waals surface area contributed by atoms with E-state index in [4.69, 9.17) is 14.0 Å². The molecule has 2 aromatic rings. The van der Waals surface area contributed by atoms with Gasteiger partial charge in [0.2, 0.25) is 5.82 Å². The molecule has 5 nitrogen and oxygen atoms in total. The molecule has 0 spiro atoms. The van der Waals surface area contributed by atoms with Crippen LogP contribution in [0, 0.1) is 5.82 Å². The van der Waals surface area contributed by atoms with Gasteiger partial charge in [-0.3, -0.25) is 0 Å². The number of hydrogen-bond donors (Lipinski definition) is 0. The average Bonchev–Trinajstić information content (AvgIpc) is 3.01. The minimum absolute atomic E-state index is 0.0181. The van der Waals surface area contributed by atoms with Crippen LogP contribution in [0.2, 0.25) is 0 Å². The van der Waals surface area contributed by atoms with Gasteiger partial charge in [0, 0.05) is 12.8 Å². The summed E-state index contributed by atoms with van der Waals surface area (Å²) in [6.07, 6.45) is -2.08. The molecule has 0 N–H and O–H groups in total. The summed E-state index contributed by atoms with van der Waals surface area (Å²) >= 11 is 0. The molecule has 8 heteroatoms. The molecule has 0 aliphatic carbocycles. The van der Waals surface area contributed by atoms with Crippen LogP contribution in [0.5, 0.6) is 5.75 Å². The predicted octanol–water partition coefficient (Wildman–Crippen LogP) is 3.23. The van der Waals surface area contributed by atoms with Crippen molar-refractivity contribution >= 4 is 0 Å². The number of ether oxygens (including phenoxy) is 2. The monoisotopic (exact) mass is 314 g/mol. The van der Waals surface area contributed by atoms with E-state index in [1.54, 1.807) is 0 Å². The van der Waals surface area contributed by atoms with Crippen molar-refractivity contribution in [3.63, 3.8) is 0 Å². The maximum Gasteiger partial charge on any atom is 0.300 e. The Hall–Kier alpha value is -2.09. The number of benzene rings is 1. The van der Waals surface area contributed by atoms with Crippen LogP contribution in [-0.4, -0.2) is 23.4 Å². The molecule has 1 fully saturated rings. The summed E-state index contributed by atoms with van der Waals surface area (Å²) in [5, 5.41) is 3.27. The first-order valence-corrected chi connectivity index (χ1v) is 6.74. The second-order valence-electron chi connectivity index (χ2n) is 4.92. The van der Waals surface area contributed by atoms with Gasteiger partial charge in [-0.1, -0.05) is 5.16 Å². The average molecular weight is 314 g/mol. The molecule has 22 heavy (non-hydrogen) atoms. The Labute approximate surface area is 124 Å². The van der Waals surface area contributed by atoms with Crippen LogP contribution in [0.25, 0.3) is 0 Å². The Morgan fingerprint density at radius 2 is 1.82 bits per heavy atom. The molecular weight excluding hydrogens is 301 g/mol. The van der Waals surface area contributed by atoms with E-state index in [-0.39, 0.29) is 5.89 Å². The van der Waals surface area contributed by atoms with Crippen LogP contribution in [-0.2, 0) is 10.3 Å². The second-order valence-corrected chi connectivity index (χ2v) is 4.92. The highest BCUT2D eigenvalue weighted by Gasteiger charge is 2.43.